The fraction of sp³-hybridized carbons (Fsp3) is 0.600. The van der Waals surface area contributed by atoms with Crippen LogP contribution in [0.3, 0.4) is 0 Å². The second-order valence-electron chi connectivity index (χ2n) is 3.72. The minimum absolute atomic E-state index is 0.198. The summed E-state index contributed by atoms with van der Waals surface area (Å²) in [7, 11) is 0. The van der Waals surface area contributed by atoms with Crippen LogP contribution >= 0.6 is 11.6 Å². The minimum Gasteiger partial charge on any atom is -0.481 e. The summed E-state index contributed by atoms with van der Waals surface area (Å²) in [6, 6.07) is 0. The van der Waals surface area contributed by atoms with Crippen molar-refractivity contribution in [2.45, 2.75) is 19.3 Å². The lowest BCUT2D eigenvalue weighted by molar-refractivity contribution is -0.146. The molecule has 15 heavy (non-hydrogen) atoms. The van der Waals surface area contributed by atoms with Crippen LogP contribution in [-0.4, -0.2) is 23.5 Å². The number of carbonyl (C=O) groups excluding carboxylic acids is 1. The van der Waals surface area contributed by atoms with Crippen LogP contribution in [0.4, 0.5) is 0 Å². The van der Waals surface area contributed by atoms with E-state index in [1.165, 1.54) is 0 Å². The average Bonchev–Trinajstić information content (AvgIpc) is 2.62. The highest BCUT2D eigenvalue weighted by Gasteiger charge is 2.37. The molecule has 0 heterocycles. The van der Waals surface area contributed by atoms with Gasteiger partial charge in [0.2, 0.25) is 5.91 Å². The first-order valence-electron chi connectivity index (χ1n) is 4.86. The normalized spacial score (nSPS) is 24.9. The van der Waals surface area contributed by atoms with E-state index in [1.807, 2.05) is 0 Å². The Morgan fingerprint density at radius 1 is 1.40 bits per heavy atom. The Kier molecular flexibility index (Phi) is 4.15. The monoisotopic (exact) mass is 231 g/mol. The van der Waals surface area contributed by atoms with E-state index in [0.29, 0.717) is 17.9 Å². The van der Waals surface area contributed by atoms with Gasteiger partial charge in [-0.1, -0.05) is 24.6 Å². The highest BCUT2D eigenvalue weighted by molar-refractivity contribution is 6.29. The molecule has 2 atom stereocenters. The zero-order chi connectivity index (χ0) is 11.4. The van der Waals surface area contributed by atoms with Crippen LogP contribution in [0.25, 0.3) is 0 Å². The molecule has 0 aliphatic heterocycles. The molecule has 0 saturated heterocycles. The SMILES string of the molecule is C=C(Cl)CNC(=O)C1CCCC1C(=O)O. The molecule has 1 rings (SSSR count). The molecule has 1 saturated carbocycles. The third-order valence-corrected chi connectivity index (χ3v) is 2.76. The summed E-state index contributed by atoms with van der Waals surface area (Å²) >= 11 is 5.50. The highest BCUT2D eigenvalue weighted by Crippen LogP contribution is 2.31. The first-order valence-corrected chi connectivity index (χ1v) is 5.24. The Bertz CT molecular complexity index is 290. The van der Waals surface area contributed by atoms with Gasteiger partial charge in [0, 0.05) is 5.03 Å². The van der Waals surface area contributed by atoms with E-state index in [4.69, 9.17) is 16.7 Å². The maximum atomic E-state index is 11.6. The summed E-state index contributed by atoms with van der Waals surface area (Å²) in [5.41, 5.74) is 0. The number of carboxylic acids is 1. The first kappa shape index (κ1) is 12.0. The smallest absolute Gasteiger partial charge is 0.307 e. The molecule has 0 bridgehead atoms. The molecule has 2 unspecified atom stereocenters. The van der Waals surface area contributed by atoms with Crippen molar-refractivity contribution in [1.29, 1.82) is 0 Å². The molecular weight excluding hydrogens is 218 g/mol. The van der Waals surface area contributed by atoms with E-state index in [-0.39, 0.29) is 12.5 Å². The Morgan fingerprint density at radius 2 is 2.00 bits per heavy atom. The summed E-state index contributed by atoms with van der Waals surface area (Å²) in [4.78, 5) is 22.4. The summed E-state index contributed by atoms with van der Waals surface area (Å²) in [5.74, 6) is -2.09. The summed E-state index contributed by atoms with van der Waals surface area (Å²) in [6.45, 7) is 3.64. The summed E-state index contributed by atoms with van der Waals surface area (Å²) in [6.07, 6.45) is 2.00. The third kappa shape index (κ3) is 3.23. The van der Waals surface area contributed by atoms with Crippen molar-refractivity contribution >= 4 is 23.5 Å². The Balaban J connectivity index is 2.51. The van der Waals surface area contributed by atoms with Crippen LogP contribution in [0.2, 0.25) is 0 Å². The van der Waals surface area contributed by atoms with Gasteiger partial charge in [-0.15, -0.1) is 0 Å². The summed E-state index contributed by atoms with van der Waals surface area (Å²) in [5, 5.41) is 11.8. The van der Waals surface area contributed by atoms with Gasteiger partial charge in [-0.25, -0.2) is 0 Å². The van der Waals surface area contributed by atoms with Gasteiger partial charge >= 0.3 is 5.97 Å². The topological polar surface area (TPSA) is 66.4 Å². The fourth-order valence-electron chi connectivity index (χ4n) is 1.88. The van der Waals surface area contributed by atoms with E-state index in [9.17, 15) is 9.59 Å². The van der Waals surface area contributed by atoms with Crippen molar-refractivity contribution in [3.63, 3.8) is 0 Å². The minimum atomic E-state index is -0.891. The van der Waals surface area contributed by atoms with Crippen LogP contribution in [0.5, 0.6) is 0 Å². The molecule has 1 aliphatic rings. The van der Waals surface area contributed by atoms with Crippen molar-refractivity contribution in [1.82, 2.24) is 5.32 Å². The number of hydrogen-bond acceptors (Lipinski definition) is 2. The molecule has 84 valence electrons. The largest absolute Gasteiger partial charge is 0.481 e. The lowest BCUT2D eigenvalue weighted by Gasteiger charge is -2.15. The molecule has 0 aromatic rings. The van der Waals surface area contributed by atoms with Gasteiger partial charge in [0.1, 0.15) is 0 Å². The third-order valence-electron chi connectivity index (χ3n) is 2.62. The molecule has 1 aliphatic carbocycles. The number of rotatable bonds is 4. The molecular formula is C10H14ClNO3. The molecule has 0 aromatic heterocycles. The van der Waals surface area contributed by atoms with E-state index in [0.717, 1.165) is 6.42 Å². The molecule has 1 amide bonds. The van der Waals surface area contributed by atoms with Gasteiger partial charge in [0.05, 0.1) is 18.4 Å². The predicted molar refractivity (Wildman–Crippen MR) is 56.5 cm³/mol. The van der Waals surface area contributed by atoms with Crippen molar-refractivity contribution < 1.29 is 14.7 Å². The van der Waals surface area contributed by atoms with Crippen LogP contribution in [0.1, 0.15) is 19.3 Å². The lowest BCUT2D eigenvalue weighted by Crippen LogP contribution is -2.35. The molecule has 0 aromatic carbocycles. The van der Waals surface area contributed by atoms with Crippen molar-refractivity contribution in [3.05, 3.63) is 11.6 Å². The van der Waals surface area contributed by atoms with Gasteiger partial charge in [0.15, 0.2) is 0 Å². The highest BCUT2D eigenvalue weighted by atomic mass is 35.5. The van der Waals surface area contributed by atoms with E-state index in [2.05, 4.69) is 11.9 Å². The number of nitrogens with one attached hydrogen (secondary N) is 1. The fourth-order valence-corrected chi connectivity index (χ4v) is 1.95. The number of amides is 1. The van der Waals surface area contributed by atoms with Crippen molar-refractivity contribution in [3.8, 4) is 0 Å². The van der Waals surface area contributed by atoms with Crippen LogP contribution in [-0.2, 0) is 9.59 Å². The molecule has 0 radical (unpaired) electrons. The van der Waals surface area contributed by atoms with E-state index in [1.54, 1.807) is 0 Å². The number of halogens is 1. The van der Waals surface area contributed by atoms with Crippen molar-refractivity contribution in [2.24, 2.45) is 11.8 Å². The number of hydrogen-bond donors (Lipinski definition) is 2. The van der Waals surface area contributed by atoms with Gasteiger partial charge in [-0.3, -0.25) is 9.59 Å². The quantitative estimate of drug-likeness (QED) is 0.768. The van der Waals surface area contributed by atoms with Gasteiger partial charge in [0.25, 0.3) is 0 Å². The number of carbonyl (C=O) groups is 2. The van der Waals surface area contributed by atoms with E-state index < -0.39 is 17.8 Å². The predicted octanol–water partition coefficient (Wildman–Crippen LogP) is 1.36. The lowest BCUT2D eigenvalue weighted by atomic mass is 9.95. The molecule has 4 nitrogen and oxygen atoms in total. The van der Waals surface area contributed by atoms with Gasteiger partial charge in [-0.2, -0.15) is 0 Å². The maximum Gasteiger partial charge on any atom is 0.307 e. The molecule has 0 spiro atoms. The Hall–Kier alpha value is -1.03. The zero-order valence-corrected chi connectivity index (χ0v) is 9.09. The van der Waals surface area contributed by atoms with Crippen LogP contribution in [0.15, 0.2) is 11.6 Å². The Labute approximate surface area is 93.3 Å². The zero-order valence-electron chi connectivity index (χ0n) is 8.33. The number of carboxylic acid groups (broad SMARTS) is 1. The van der Waals surface area contributed by atoms with Gasteiger partial charge in [-0.05, 0) is 12.8 Å². The van der Waals surface area contributed by atoms with Crippen LogP contribution < -0.4 is 5.32 Å². The Morgan fingerprint density at radius 3 is 2.53 bits per heavy atom. The van der Waals surface area contributed by atoms with Crippen molar-refractivity contribution in [2.75, 3.05) is 6.54 Å². The van der Waals surface area contributed by atoms with Crippen LogP contribution in [0, 0.1) is 11.8 Å². The number of aliphatic carboxylic acids is 1. The average molecular weight is 232 g/mol. The summed E-state index contributed by atoms with van der Waals surface area (Å²) < 4.78 is 0. The second kappa shape index (κ2) is 5.16. The molecule has 2 N–H and O–H groups in total. The first-order chi connectivity index (χ1) is 7.02. The van der Waals surface area contributed by atoms with E-state index >= 15 is 0 Å². The maximum absolute atomic E-state index is 11.6. The molecule has 1 fully saturated rings. The second-order valence-corrected chi connectivity index (χ2v) is 4.25. The molecule has 5 heteroatoms. The standard InChI is InChI=1S/C10H14ClNO3/c1-6(11)5-12-9(13)7-3-2-4-8(7)10(14)15/h7-8H,1-5H2,(H,12,13)(H,14,15). The van der Waals surface area contributed by atoms with Gasteiger partial charge < -0.3 is 10.4 Å².